The third-order valence-corrected chi connectivity index (χ3v) is 4.43. The van der Waals surface area contributed by atoms with Crippen LogP contribution in [0.3, 0.4) is 0 Å². The summed E-state index contributed by atoms with van der Waals surface area (Å²) < 4.78 is 1.10. The highest BCUT2D eigenvalue weighted by molar-refractivity contribution is 9.10. The molecule has 3 atom stereocenters. The van der Waals surface area contributed by atoms with Crippen molar-refractivity contribution in [1.82, 2.24) is 4.90 Å². The molecule has 1 fully saturated rings. The van der Waals surface area contributed by atoms with E-state index in [4.69, 9.17) is 10.8 Å². The van der Waals surface area contributed by atoms with E-state index >= 15 is 0 Å². The molecule has 3 unspecified atom stereocenters. The quantitative estimate of drug-likeness (QED) is 0.874. The summed E-state index contributed by atoms with van der Waals surface area (Å²) in [6.45, 7) is 4.48. The van der Waals surface area contributed by atoms with Crippen LogP contribution in [0.2, 0.25) is 0 Å². The number of nitrogens with zero attached hydrogens (tertiary/aromatic N) is 1. The number of aliphatic hydroxyl groups is 1. The SMILES string of the molecule is CC(N)C(c1cccc(Br)c1)N1CCC(CCO)C1. The maximum atomic E-state index is 9.06. The van der Waals surface area contributed by atoms with Gasteiger partial charge in [0.05, 0.1) is 0 Å². The van der Waals surface area contributed by atoms with Gasteiger partial charge < -0.3 is 10.8 Å². The summed E-state index contributed by atoms with van der Waals surface area (Å²) in [4.78, 5) is 2.47. The van der Waals surface area contributed by atoms with Crippen LogP contribution in [0.15, 0.2) is 28.7 Å². The van der Waals surface area contributed by atoms with Crippen LogP contribution >= 0.6 is 15.9 Å². The molecule has 2 rings (SSSR count). The minimum Gasteiger partial charge on any atom is -0.396 e. The molecule has 1 aliphatic heterocycles. The minimum atomic E-state index is 0.0992. The average molecular weight is 327 g/mol. The van der Waals surface area contributed by atoms with E-state index in [2.05, 4.69) is 46.0 Å². The second-order valence-corrected chi connectivity index (χ2v) is 6.44. The summed E-state index contributed by atoms with van der Waals surface area (Å²) in [5.74, 6) is 0.610. The fourth-order valence-electron chi connectivity index (χ4n) is 3.07. The van der Waals surface area contributed by atoms with Crippen molar-refractivity contribution >= 4 is 15.9 Å². The van der Waals surface area contributed by atoms with Crippen LogP contribution in [0, 0.1) is 5.92 Å². The summed E-state index contributed by atoms with van der Waals surface area (Å²) in [5.41, 5.74) is 7.48. The van der Waals surface area contributed by atoms with Crippen LogP contribution < -0.4 is 5.73 Å². The van der Waals surface area contributed by atoms with Gasteiger partial charge in [0.25, 0.3) is 0 Å². The van der Waals surface area contributed by atoms with Gasteiger partial charge in [-0.25, -0.2) is 0 Å². The van der Waals surface area contributed by atoms with Crippen LogP contribution in [0.25, 0.3) is 0 Å². The summed E-state index contributed by atoms with van der Waals surface area (Å²) in [6, 6.07) is 8.78. The van der Waals surface area contributed by atoms with Crippen molar-refractivity contribution < 1.29 is 5.11 Å². The summed E-state index contributed by atoms with van der Waals surface area (Å²) in [6.07, 6.45) is 2.07. The van der Waals surface area contributed by atoms with Gasteiger partial charge in [0.15, 0.2) is 0 Å². The number of rotatable bonds is 5. The van der Waals surface area contributed by atoms with Crippen molar-refractivity contribution in [2.24, 2.45) is 11.7 Å². The first kappa shape index (κ1) is 15.0. The summed E-state index contributed by atoms with van der Waals surface area (Å²) in [7, 11) is 0. The molecule has 1 heterocycles. The first-order valence-electron chi connectivity index (χ1n) is 6.97. The van der Waals surface area contributed by atoms with E-state index in [9.17, 15) is 0 Å². The molecular weight excluding hydrogens is 304 g/mol. The lowest BCUT2D eigenvalue weighted by Gasteiger charge is -2.31. The van der Waals surface area contributed by atoms with Crippen LogP contribution in [0.4, 0.5) is 0 Å². The Balaban J connectivity index is 2.13. The molecule has 1 aromatic rings. The lowest BCUT2D eigenvalue weighted by Crippen LogP contribution is -2.38. The molecule has 1 saturated heterocycles. The van der Waals surface area contributed by atoms with E-state index < -0.39 is 0 Å². The first-order chi connectivity index (χ1) is 9.11. The minimum absolute atomic E-state index is 0.0992. The van der Waals surface area contributed by atoms with Gasteiger partial charge in [0.1, 0.15) is 0 Å². The topological polar surface area (TPSA) is 49.5 Å². The highest BCUT2D eigenvalue weighted by Gasteiger charge is 2.30. The van der Waals surface area contributed by atoms with E-state index in [1.165, 1.54) is 5.56 Å². The molecule has 0 radical (unpaired) electrons. The van der Waals surface area contributed by atoms with Crippen molar-refractivity contribution in [3.63, 3.8) is 0 Å². The third-order valence-electron chi connectivity index (χ3n) is 3.94. The molecule has 0 bridgehead atoms. The molecule has 4 heteroatoms. The number of aliphatic hydroxyl groups excluding tert-OH is 1. The summed E-state index contributed by atoms with van der Waals surface area (Å²) in [5, 5.41) is 9.06. The largest absolute Gasteiger partial charge is 0.396 e. The van der Waals surface area contributed by atoms with Crippen molar-refractivity contribution in [1.29, 1.82) is 0 Å². The van der Waals surface area contributed by atoms with Gasteiger partial charge >= 0.3 is 0 Å². The molecule has 1 aliphatic rings. The molecule has 19 heavy (non-hydrogen) atoms. The molecule has 3 N–H and O–H groups in total. The predicted molar refractivity (Wildman–Crippen MR) is 81.9 cm³/mol. The number of nitrogens with two attached hydrogens (primary N) is 1. The summed E-state index contributed by atoms with van der Waals surface area (Å²) >= 11 is 3.53. The second-order valence-electron chi connectivity index (χ2n) is 5.52. The number of hydrogen-bond acceptors (Lipinski definition) is 3. The van der Waals surface area contributed by atoms with E-state index in [1.807, 2.05) is 6.07 Å². The Morgan fingerprint density at radius 3 is 2.95 bits per heavy atom. The molecular formula is C15H23BrN2O. The zero-order valence-electron chi connectivity index (χ0n) is 11.4. The standard InChI is InChI=1S/C15H23BrN2O/c1-11(17)15(13-3-2-4-14(16)9-13)18-7-5-12(10-18)6-8-19/h2-4,9,11-12,15,19H,5-8,10,17H2,1H3. The predicted octanol–water partition coefficient (Wildman–Crippen LogP) is 2.54. The molecule has 0 saturated carbocycles. The number of halogens is 1. The number of hydrogen-bond donors (Lipinski definition) is 2. The Morgan fingerprint density at radius 1 is 1.53 bits per heavy atom. The van der Waals surface area contributed by atoms with Crippen LogP contribution in [0.5, 0.6) is 0 Å². The van der Waals surface area contributed by atoms with Gasteiger partial charge in [-0.1, -0.05) is 28.1 Å². The average Bonchev–Trinajstić information content (AvgIpc) is 2.78. The normalized spacial score (nSPS) is 23.5. The zero-order valence-corrected chi connectivity index (χ0v) is 13.0. The monoisotopic (exact) mass is 326 g/mol. The Bertz CT molecular complexity index is 411. The zero-order chi connectivity index (χ0) is 13.8. The highest BCUT2D eigenvalue weighted by Crippen LogP contribution is 2.31. The molecule has 0 spiro atoms. The first-order valence-corrected chi connectivity index (χ1v) is 7.77. The van der Waals surface area contributed by atoms with Crippen molar-refractivity contribution in [2.45, 2.75) is 31.8 Å². The van der Waals surface area contributed by atoms with E-state index in [-0.39, 0.29) is 18.7 Å². The van der Waals surface area contributed by atoms with Gasteiger partial charge in [0, 0.05) is 29.7 Å². The lowest BCUT2D eigenvalue weighted by molar-refractivity contribution is 0.201. The fourth-order valence-corrected chi connectivity index (χ4v) is 3.49. The Labute approximate surface area is 123 Å². The van der Waals surface area contributed by atoms with Crippen LogP contribution in [0.1, 0.15) is 31.4 Å². The number of likely N-dealkylation sites (tertiary alicyclic amines) is 1. The molecule has 106 valence electrons. The fraction of sp³-hybridized carbons (Fsp3) is 0.600. The molecule has 0 aliphatic carbocycles. The Kier molecular flexibility index (Phi) is 5.39. The molecule has 0 aromatic heterocycles. The van der Waals surface area contributed by atoms with Crippen LogP contribution in [-0.2, 0) is 0 Å². The van der Waals surface area contributed by atoms with Gasteiger partial charge in [-0.15, -0.1) is 0 Å². The van der Waals surface area contributed by atoms with E-state index in [1.54, 1.807) is 0 Å². The van der Waals surface area contributed by atoms with Gasteiger partial charge in [0.2, 0.25) is 0 Å². The second kappa shape index (κ2) is 6.84. The van der Waals surface area contributed by atoms with Gasteiger partial charge in [-0.3, -0.25) is 4.90 Å². The van der Waals surface area contributed by atoms with Gasteiger partial charge in [-0.2, -0.15) is 0 Å². The highest BCUT2D eigenvalue weighted by atomic mass is 79.9. The van der Waals surface area contributed by atoms with E-state index in [0.717, 1.165) is 30.4 Å². The molecule has 1 aromatic carbocycles. The van der Waals surface area contributed by atoms with Gasteiger partial charge in [-0.05, 0) is 49.9 Å². The lowest BCUT2D eigenvalue weighted by atomic mass is 9.99. The Morgan fingerprint density at radius 2 is 2.32 bits per heavy atom. The number of benzene rings is 1. The molecule has 3 nitrogen and oxygen atoms in total. The Hall–Kier alpha value is -0.420. The van der Waals surface area contributed by atoms with Crippen molar-refractivity contribution in [3.8, 4) is 0 Å². The van der Waals surface area contributed by atoms with Crippen molar-refractivity contribution in [2.75, 3.05) is 19.7 Å². The molecule has 0 amide bonds. The van der Waals surface area contributed by atoms with Crippen LogP contribution in [-0.4, -0.2) is 35.7 Å². The smallest absolute Gasteiger partial charge is 0.0496 e. The maximum absolute atomic E-state index is 9.06. The van der Waals surface area contributed by atoms with Crippen molar-refractivity contribution in [3.05, 3.63) is 34.3 Å². The third kappa shape index (κ3) is 3.78. The van der Waals surface area contributed by atoms with E-state index in [0.29, 0.717) is 5.92 Å². The maximum Gasteiger partial charge on any atom is 0.0496 e.